The van der Waals surface area contributed by atoms with Gasteiger partial charge in [0.1, 0.15) is 5.60 Å². The first kappa shape index (κ1) is 16.9. The standard InChI is InChI=1S/C18H23NO2S/c1-5-11-22-15-14(13-9-7-6-8-10-13)18(15,12-19)16(20)21-17(2,3)4/h6-10,14-15H,5,11H2,1-4H3. The van der Waals surface area contributed by atoms with Crippen LogP contribution in [-0.2, 0) is 9.53 Å². The predicted octanol–water partition coefficient (Wildman–Crippen LogP) is 4.15. The third kappa shape index (κ3) is 3.15. The number of hydrogen-bond donors (Lipinski definition) is 0. The third-order valence-electron chi connectivity index (χ3n) is 3.71. The Balaban J connectivity index is 2.31. The van der Waals surface area contributed by atoms with E-state index in [1.165, 1.54) is 0 Å². The first-order valence-electron chi connectivity index (χ1n) is 7.68. The molecular weight excluding hydrogens is 294 g/mol. The maximum absolute atomic E-state index is 12.7. The lowest BCUT2D eigenvalue weighted by Crippen LogP contribution is -2.31. The first-order chi connectivity index (χ1) is 10.4. The molecule has 4 heteroatoms. The molecule has 3 unspecified atom stereocenters. The van der Waals surface area contributed by atoms with E-state index in [9.17, 15) is 10.1 Å². The lowest BCUT2D eigenvalue weighted by molar-refractivity contribution is -0.159. The average Bonchev–Trinajstić information content (AvgIpc) is 3.13. The lowest BCUT2D eigenvalue weighted by Gasteiger charge is -2.22. The number of nitrogens with zero attached hydrogens (tertiary/aromatic N) is 1. The van der Waals surface area contributed by atoms with Gasteiger partial charge >= 0.3 is 5.97 Å². The Morgan fingerprint density at radius 3 is 2.50 bits per heavy atom. The third-order valence-corrected chi connectivity index (χ3v) is 5.36. The summed E-state index contributed by atoms with van der Waals surface area (Å²) in [7, 11) is 0. The Morgan fingerprint density at radius 2 is 2.00 bits per heavy atom. The molecule has 3 nitrogen and oxygen atoms in total. The molecule has 22 heavy (non-hydrogen) atoms. The van der Waals surface area contributed by atoms with Crippen LogP contribution in [0.5, 0.6) is 0 Å². The smallest absolute Gasteiger partial charge is 0.328 e. The summed E-state index contributed by atoms with van der Waals surface area (Å²) >= 11 is 1.71. The topological polar surface area (TPSA) is 50.1 Å². The highest BCUT2D eigenvalue weighted by Crippen LogP contribution is 2.65. The van der Waals surface area contributed by atoms with Gasteiger partial charge in [0.05, 0.1) is 6.07 Å². The molecule has 0 aliphatic heterocycles. The summed E-state index contributed by atoms with van der Waals surface area (Å²) in [5.74, 6) is 0.482. The van der Waals surface area contributed by atoms with Crippen molar-refractivity contribution in [1.29, 1.82) is 5.26 Å². The molecular formula is C18H23NO2S. The Bertz CT molecular complexity index is 573. The minimum absolute atomic E-state index is 0.0188. The largest absolute Gasteiger partial charge is 0.459 e. The molecule has 0 saturated heterocycles. The normalized spacial score (nSPS) is 27.0. The monoisotopic (exact) mass is 317 g/mol. The minimum atomic E-state index is -1.05. The fourth-order valence-electron chi connectivity index (χ4n) is 2.71. The molecule has 118 valence electrons. The second-order valence-corrected chi connectivity index (χ2v) is 7.91. The van der Waals surface area contributed by atoms with E-state index in [-0.39, 0.29) is 17.1 Å². The fraction of sp³-hybridized carbons (Fsp3) is 0.556. The molecule has 0 aromatic heterocycles. The molecule has 1 fully saturated rings. The summed E-state index contributed by atoms with van der Waals surface area (Å²) in [6.07, 6.45) is 1.03. The highest BCUT2D eigenvalue weighted by molar-refractivity contribution is 8.00. The van der Waals surface area contributed by atoms with Crippen molar-refractivity contribution in [2.24, 2.45) is 5.41 Å². The van der Waals surface area contributed by atoms with Gasteiger partial charge in [0.25, 0.3) is 0 Å². The van der Waals surface area contributed by atoms with Gasteiger partial charge in [-0.2, -0.15) is 17.0 Å². The van der Waals surface area contributed by atoms with Crippen molar-refractivity contribution in [3.8, 4) is 6.07 Å². The van der Waals surface area contributed by atoms with Gasteiger partial charge in [0.15, 0.2) is 5.41 Å². The summed E-state index contributed by atoms with van der Waals surface area (Å²) in [6.45, 7) is 7.62. The maximum atomic E-state index is 12.7. The summed E-state index contributed by atoms with van der Waals surface area (Å²) in [5.41, 5.74) is -0.581. The second-order valence-electron chi connectivity index (χ2n) is 6.66. The van der Waals surface area contributed by atoms with Crippen LogP contribution in [0.15, 0.2) is 30.3 Å². The van der Waals surface area contributed by atoms with Crippen LogP contribution in [0.2, 0.25) is 0 Å². The highest BCUT2D eigenvalue weighted by atomic mass is 32.2. The number of esters is 1. The summed E-state index contributed by atoms with van der Waals surface area (Å²) in [5, 5.41) is 9.74. The van der Waals surface area contributed by atoms with Gasteiger partial charge in [-0.1, -0.05) is 37.3 Å². The lowest BCUT2D eigenvalue weighted by atomic mass is 10.0. The number of thioether (sulfide) groups is 1. The summed E-state index contributed by atoms with van der Waals surface area (Å²) in [6, 6.07) is 12.1. The van der Waals surface area contributed by atoms with Crippen LogP contribution in [0, 0.1) is 16.7 Å². The van der Waals surface area contributed by atoms with Crippen molar-refractivity contribution in [3.63, 3.8) is 0 Å². The van der Waals surface area contributed by atoms with E-state index in [1.54, 1.807) is 11.8 Å². The first-order valence-corrected chi connectivity index (χ1v) is 8.73. The molecule has 1 aliphatic carbocycles. The molecule has 0 N–H and O–H groups in total. The van der Waals surface area contributed by atoms with Crippen LogP contribution in [0.25, 0.3) is 0 Å². The van der Waals surface area contributed by atoms with Gasteiger partial charge in [0, 0.05) is 11.2 Å². The van der Waals surface area contributed by atoms with Gasteiger partial charge in [-0.3, -0.25) is 4.79 Å². The van der Waals surface area contributed by atoms with Gasteiger partial charge in [-0.15, -0.1) is 0 Å². The van der Waals surface area contributed by atoms with Crippen molar-refractivity contribution < 1.29 is 9.53 Å². The number of benzene rings is 1. The molecule has 0 heterocycles. The predicted molar refractivity (Wildman–Crippen MR) is 89.6 cm³/mol. The van der Waals surface area contributed by atoms with E-state index in [0.717, 1.165) is 17.7 Å². The van der Waals surface area contributed by atoms with E-state index < -0.39 is 11.0 Å². The zero-order valence-corrected chi connectivity index (χ0v) is 14.4. The average molecular weight is 317 g/mol. The van der Waals surface area contributed by atoms with Gasteiger partial charge in [-0.05, 0) is 38.5 Å². The minimum Gasteiger partial charge on any atom is -0.459 e. The summed E-state index contributed by atoms with van der Waals surface area (Å²) < 4.78 is 5.54. The van der Waals surface area contributed by atoms with Crippen molar-refractivity contribution in [3.05, 3.63) is 35.9 Å². The van der Waals surface area contributed by atoms with E-state index in [1.807, 2.05) is 51.1 Å². The van der Waals surface area contributed by atoms with Crippen LogP contribution in [0.1, 0.15) is 45.6 Å². The van der Waals surface area contributed by atoms with Crippen LogP contribution in [0.4, 0.5) is 0 Å². The van der Waals surface area contributed by atoms with Crippen LogP contribution < -0.4 is 0 Å². The van der Waals surface area contributed by atoms with Crippen molar-refractivity contribution in [2.75, 3.05) is 5.75 Å². The molecule has 0 spiro atoms. The molecule has 0 amide bonds. The second kappa shape index (κ2) is 6.34. The van der Waals surface area contributed by atoms with Crippen molar-refractivity contribution >= 4 is 17.7 Å². The number of carbonyl (C=O) groups excluding carboxylic acids is 1. The van der Waals surface area contributed by atoms with Crippen LogP contribution in [-0.4, -0.2) is 22.6 Å². The summed E-state index contributed by atoms with van der Waals surface area (Å²) in [4.78, 5) is 12.7. The van der Waals surface area contributed by atoms with E-state index in [2.05, 4.69) is 13.0 Å². The zero-order chi connectivity index (χ0) is 16.4. The number of rotatable bonds is 5. The molecule has 2 rings (SSSR count). The number of ether oxygens (including phenoxy) is 1. The highest BCUT2D eigenvalue weighted by Gasteiger charge is 2.72. The Kier molecular flexibility index (Phi) is 4.87. The SMILES string of the molecule is CCCSC1C(c2ccccc2)C1(C#N)C(=O)OC(C)(C)C. The zero-order valence-electron chi connectivity index (χ0n) is 13.6. The quantitative estimate of drug-likeness (QED) is 0.766. The molecule has 1 aromatic rings. The van der Waals surface area contributed by atoms with Crippen molar-refractivity contribution in [2.45, 2.75) is 50.9 Å². The van der Waals surface area contributed by atoms with Crippen LogP contribution >= 0.6 is 11.8 Å². The molecule has 0 radical (unpaired) electrons. The Hall–Kier alpha value is -1.47. The van der Waals surface area contributed by atoms with Gasteiger partial charge in [0.2, 0.25) is 0 Å². The Morgan fingerprint density at radius 1 is 1.36 bits per heavy atom. The van der Waals surface area contributed by atoms with Gasteiger partial charge in [-0.25, -0.2) is 0 Å². The Labute approximate surface area is 137 Å². The van der Waals surface area contributed by atoms with E-state index in [4.69, 9.17) is 4.74 Å². The maximum Gasteiger partial charge on any atom is 0.328 e. The molecule has 3 atom stereocenters. The van der Waals surface area contributed by atoms with Crippen molar-refractivity contribution in [1.82, 2.24) is 0 Å². The molecule has 1 aromatic carbocycles. The van der Waals surface area contributed by atoms with E-state index >= 15 is 0 Å². The number of carbonyl (C=O) groups is 1. The molecule has 1 saturated carbocycles. The molecule has 0 bridgehead atoms. The molecule has 1 aliphatic rings. The van der Waals surface area contributed by atoms with E-state index in [0.29, 0.717) is 0 Å². The number of hydrogen-bond acceptors (Lipinski definition) is 4. The number of nitriles is 1. The fourth-order valence-corrected chi connectivity index (χ4v) is 4.24. The van der Waals surface area contributed by atoms with Gasteiger partial charge < -0.3 is 4.74 Å². The van der Waals surface area contributed by atoms with Crippen LogP contribution in [0.3, 0.4) is 0 Å².